The first kappa shape index (κ1) is 9.71. The van der Waals surface area contributed by atoms with Crippen LogP contribution in [0.3, 0.4) is 0 Å². The Kier molecular flexibility index (Phi) is 9.40. The van der Waals surface area contributed by atoms with Crippen molar-refractivity contribution in [1.82, 2.24) is 0 Å². The maximum Gasteiger partial charge on any atom is 0.238 e. The molecule has 0 aromatic carbocycles. The summed E-state index contributed by atoms with van der Waals surface area (Å²) < 4.78 is 0. The number of hydrogen-bond acceptors (Lipinski definition) is 0. The summed E-state index contributed by atoms with van der Waals surface area (Å²) >= 11 is 10.7. The van der Waals surface area contributed by atoms with E-state index in [-0.39, 0.29) is 0 Å². The maximum atomic E-state index is 5.36. The van der Waals surface area contributed by atoms with Gasteiger partial charge in [0.25, 0.3) is 0 Å². The number of halogens is 2. The smallest absolute Gasteiger partial charge is 0.204 e. The van der Waals surface area contributed by atoms with Crippen LogP contribution in [0.2, 0.25) is 12.6 Å². The highest BCUT2D eigenvalue weighted by molar-refractivity contribution is 6.93. The molecule has 0 unspecified atom stereocenters. The molecule has 0 saturated heterocycles. The second kappa shape index (κ2) is 8.71. The molecular formula is C5H10B2Cl2. The van der Waals surface area contributed by atoms with Crippen molar-refractivity contribution in [2.45, 2.75) is 31.9 Å². The SMILES string of the molecule is Cl[B]CCCCC[B]Cl. The van der Waals surface area contributed by atoms with Gasteiger partial charge >= 0.3 is 0 Å². The fraction of sp³-hybridized carbons (Fsp3) is 1.00. The summed E-state index contributed by atoms with van der Waals surface area (Å²) in [6.07, 6.45) is 5.64. The minimum absolute atomic E-state index is 1.02. The maximum absolute atomic E-state index is 5.36. The predicted molar refractivity (Wildman–Crippen MR) is 46.7 cm³/mol. The van der Waals surface area contributed by atoms with Crippen LogP contribution in [0.15, 0.2) is 0 Å². The Morgan fingerprint density at radius 2 is 1.22 bits per heavy atom. The van der Waals surface area contributed by atoms with Crippen LogP contribution in [0.5, 0.6) is 0 Å². The first-order valence-corrected chi connectivity index (χ1v) is 4.13. The molecule has 0 spiro atoms. The van der Waals surface area contributed by atoms with Gasteiger partial charge in [0.1, 0.15) is 0 Å². The number of unbranched alkanes of at least 4 members (excludes halogenated alkanes) is 2. The molecule has 0 rings (SSSR count). The average Bonchev–Trinajstić information content (AvgIpc) is 1.89. The van der Waals surface area contributed by atoms with Crippen molar-refractivity contribution < 1.29 is 0 Å². The van der Waals surface area contributed by atoms with E-state index in [0.717, 1.165) is 12.6 Å². The van der Waals surface area contributed by atoms with E-state index in [1.807, 2.05) is 0 Å². The summed E-state index contributed by atoms with van der Waals surface area (Å²) in [6.45, 7) is 3.37. The second-order valence-corrected chi connectivity index (χ2v) is 2.56. The third-order valence-electron chi connectivity index (χ3n) is 1.13. The van der Waals surface area contributed by atoms with Crippen LogP contribution < -0.4 is 0 Å². The quantitative estimate of drug-likeness (QED) is 0.416. The third-order valence-corrected chi connectivity index (χ3v) is 1.56. The molecule has 0 amide bonds. The van der Waals surface area contributed by atoms with Crippen molar-refractivity contribution in [3.05, 3.63) is 0 Å². The van der Waals surface area contributed by atoms with E-state index < -0.39 is 0 Å². The Balaban J connectivity index is 2.60. The van der Waals surface area contributed by atoms with Gasteiger partial charge in [-0.1, -0.05) is 31.9 Å². The fourth-order valence-electron chi connectivity index (χ4n) is 0.620. The Morgan fingerprint density at radius 3 is 1.56 bits per heavy atom. The molecule has 4 heteroatoms. The summed E-state index contributed by atoms with van der Waals surface area (Å²) in [4.78, 5) is 0. The Labute approximate surface area is 68.6 Å². The van der Waals surface area contributed by atoms with Crippen molar-refractivity contribution in [1.29, 1.82) is 0 Å². The van der Waals surface area contributed by atoms with E-state index in [1.165, 1.54) is 19.3 Å². The lowest BCUT2D eigenvalue weighted by Crippen LogP contribution is -1.81. The summed E-state index contributed by atoms with van der Waals surface area (Å²) in [5.74, 6) is 0. The van der Waals surface area contributed by atoms with Gasteiger partial charge in [0, 0.05) is 0 Å². The minimum Gasteiger partial charge on any atom is -0.204 e. The molecule has 0 atom stereocenters. The molecule has 0 fully saturated rings. The Bertz CT molecular complexity index is 46.2. The zero-order chi connectivity index (χ0) is 6.95. The van der Waals surface area contributed by atoms with Gasteiger partial charge < -0.3 is 0 Å². The van der Waals surface area contributed by atoms with Gasteiger partial charge in [0.15, 0.2) is 0 Å². The highest BCUT2D eigenvalue weighted by Gasteiger charge is 1.89. The molecule has 9 heavy (non-hydrogen) atoms. The van der Waals surface area contributed by atoms with Crippen molar-refractivity contribution >= 4 is 36.3 Å². The Morgan fingerprint density at radius 1 is 0.778 bits per heavy atom. The normalized spacial score (nSPS) is 9.11. The van der Waals surface area contributed by atoms with Crippen LogP contribution >= 0.6 is 22.9 Å². The molecule has 0 N–H and O–H groups in total. The molecule has 2 radical (unpaired) electrons. The molecule has 50 valence electrons. The highest BCUT2D eigenvalue weighted by Crippen LogP contribution is 2.03. The van der Waals surface area contributed by atoms with Crippen molar-refractivity contribution in [2.75, 3.05) is 0 Å². The Hall–Kier alpha value is 0.710. The van der Waals surface area contributed by atoms with Crippen molar-refractivity contribution in [3.8, 4) is 0 Å². The molecule has 0 saturated carbocycles. The minimum atomic E-state index is 1.02. The summed E-state index contributed by atoms with van der Waals surface area (Å²) in [7, 11) is 0. The van der Waals surface area contributed by atoms with Crippen LogP contribution in [-0.4, -0.2) is 13.4 Å². The largest absolute Gasteiger partial charge is 0.238 e. The lowest BCUT2D eigenvalue weighted by atomic mass is 9.93. The van der Waals surface area contributed by atoms with Crippen LogP contribution in [0.1, 0.15) is 19.3 Å². The zero-order valence-corrected chi connectivity index (χ0v) is 6.96. The monoisotopic (exact) mass is 162 g/mol. The number of rotatable bonds is 6. The molecule has 0 bridgehead atoms. The van der Waals surface area contributed by atoms with Gasteiger partial charge in [-0.3, -0.25) is 0 Å². The van der Waals surface area contributed by atoms with Crippen molar-refractivity contribution in [2.24, 2.45) is 0 Å². The second-order valence-electron chi connectivity index (χ2n) is 1.95. The van der Waals surface area contributed by atoms with E-state index in [1.54, 1.807) is 13.4 Å². The van der Waals surface area contributed by atoms with Gasteiger partial charge in [-0.05, 0) is 0 Å². The molecule has 0 aliphatic rings. The molecular weight excluding hydrogens is 153 g/mol. The summed E-state index contributed by atoms with van der Waals surface area (Å²) in [5.41, 5.74) is 0. The van der Waals surface area contributed by atoms with Crippen LogP contribution in [-0.2, 0) is 0 Å². The standard InChI is InChI=1S/C5H10B2Cl2/c8-6-4-2-1-3-5-7-9/h1-5H2. The molecule has 0 heterocycles. The lowest BCUT2D eigenvalue weighted by Gasteiger charge is -1.93. The first-order valence-electron chi connectivity index (χ1n) is 3.25. The van der Waals surface area contributed by atoms with E-state index in [2.05, 4.69) is 0 Å². The topological polar surface area (TPSA) is 0 Å². The van der Waals surface area contributed by atoms with Gasteiger partial charge in [0.05, 0.1) is 0 Å². The molecule has 0 aliphatic heterocycles. The van der Waals surface area contributed by atoms with Crippen LogP contribution in [0.4, 0.5) is 0 Å². The first-order chi connectivity index (χ1) is 4.41. The van der Waals surface area contributed by atoms with Crippen LogP contribution in [0, 0.1) is 0 Å². The van der Waals surface area contributed by atoms with Gasteiger partial charge in [-0.15, -0.1) is 0 Å². The number of hydrogen-bond donors (Lipinski definition) is 0. The van der Waals surface area contributed by atoms with E-state index in [0.29, 0.717) is 0 Å². The van der Waals surface area contributed by atoms with E-state index >= 15 is 0 Å². The van der Waals surface area contributed by atoms with Crippen molar-refractivity contribution in [3.63, 3.8) is 0 Å². The van der Waals surface area contributed by atoms with E-state index in [4.69, 9.17) is 22.9 Å². The molecule has 0 aromatic rings. The van der Waals surface area contributed by atoms with E-state index in [9.17, 15) is 0 Å². The molecule has 0 aromatic heterocycles. The summed E-state index contributed by atoms with van der Waals surface area (Å²) in [5, 5.41) is 0. The van der Waals surface area contributed by atoms with Gasteiger partial charge in [-0.25, -0.2) is 22.9 Å². The predicted octanol–water partition coefficient (Wildman–Crippen LogP) is 2.71. The molecule has 0 aliphatic carbocycles. The van der Waals surface area contributed by atoms with Crippen LogP contribution in [0.25, 0.3) is 0 Å². The highest BCUT2D eigenvalue weighted by atomic mass is 35.5. The van der Waals surface area contributed by atoms with Gasteiger partial charge in [0.2, 0.25) is 13.4 Å². The molecule has 0 nitrogen and oxygen atoms in total. The average molecular weight is 163 g/mol. The third kappa shape index (κ3) is 8.71. The van der Waals surface area contributed by atoms with Gasteiger partial charge in [-0.2, -0.15) is 0 Å². The lowest BCUT2D eigenvalue weighted by molar-refractivity contribution is 0.769. The summed E-state index contributed by atoms with van der Waals surface area (Å²) in [6, 6.07) is 0. The zero-order valence-electron chi connectivity index (χ0n) is 5.45. The fourth-order valence-corrected chi connectivity index (χ4v) is 0.928.